The lowest BCUT2D eigenvalue weighted by molar-refractivity contribution is -0.385. The van der Waals surface area contributed by atoms with Gasteiger partial charge in [0, 0.05) is 17.8 Å². The SMILES string of the molecule is CCCNC(Cc1ccncc1[N+](=O)[O-])c1ccccc1. The molecule has 1 N–H and O–H groups in total. The molecule has 0 radical (unpaired) electrons. The van der Waals surface area contributed by atoms with Gasteiger partial charge in [-0.1, -0.05) is 37.3 Å². The van der Waals surface area contributed by atoms with Crippen LogP contribution < -0.4 is 5.32 Å². The summed E-state index contributed by atoms with van der Waals surface area (Å²) < 4.78 is 0. The van der Waals surface area contributed by atoms with Crippen LogP contribution in [-0.4, -0.2) is 16.5 Å². The molecule has 5 nitrogen and oxygen atoms in total. The number of nitro groups is 1. The van der Waals surface area contributed by atoms with Crippen molar-refractivity contribution in [2.45, 2.75) is 25.8 Å². The minimum atomic E-state index is -0.371. The standard InChI is InChI=1S/C16H19N3O2/c1-2-9-18-15(13-6-4-3-5-7-13)11-14-8-10-17-12-16(14)19(20)21/h3-8,10,12,15,18H,2,9,11H2,1H3. The Kier molecular flexibility index (Phi) is 5.40. The highest BCUT2D eigenvalue weighted by Crippen LogP contribution is 2.24. The highest BCUT2D eigenvalue weighted by molar-refractivity contribution is 5.38. The van der Waals surface area contributed by atoms with E-state index in [0.29, 0.717) is 12.0 Å². The summed E-state index contributed by atoms with van der Waals surface area (Å²) in [5, 5.41) is 14.6. The zero-order valence-electron chi connectivity index (χ0n) is 12.0. The van der Waals surface area contributed by atoms with Crippen LogP contribution in [0, 0.1) is 10.1 Å². The summed E-state index contributed by atoms with van der Waals surface area (Å²) in [6, 6.07) is 11.8. The maximum atomic E-state index is 11.1. The molecule has 0 bridgehead atoms. The first kappa shape index (κ1) is 15.1. The van der Waals surface area contributed by atoms with E-state index in [1.165, 1.54) is 6.20 Å². The Morgan fingerprint density at radius 2 is 2.05 bits per heavy atom. The highest BCUT2D eigenvalue weighted by Gasteiger charge is 2.18. The number of pyridine rings is 1. The third-order valence-corrected chi connectivity index (χ3v) is 3.35. The lowest BCUT2D eigenvalue weighted by atomic mass is 9.98. The number of nitrogens with one attached hydrogen (secondary N) is 1. The Bertz CT molecular complexity index is 587. The van der Waals surface area contributed by atoms with E-state index in [1.54, 1.807) is 12.3 Å². The van der Waals surface area contributed by atoms with Gasteiger partial charge in [-0.05, 0) is 31.0 Å². The summed E-state index contributed by atoms with van der Waals surface area (Å²) in [4.78, 5) is 14.6. The number of hydrogen-bond acceptors (Lipinski definition) is 4. The predicted molar refractivity (Wildman–Crippen MR) is 82.1 cm³/mol. The highest BCUT2D eigenvalue weighted by atomic mass is 16.6. The fourth-order valence-electron chi connectivity index (χ4n) is 2.28. The topological polar surface area (TPSA) is 68.1 Å². The minimum Gasteiger partial charge on any atom is -0.310 e. The number of rotatable bonds is 7. The summed E-state index contributed by atoms with van der Waals surface area (Å²) in [5.74, 6) is 0. The van der Waals surface area contributed by atoms with Crippen molar-refractivity contribution in [1.29, 1.82) is 0 Å². The molecule has 0 aliphatic heterocycles. The Morgan fingerprint density at radius 3 is 2.71 bits per heavy atom. The summed E-state index contributed by atoms with van der Waals surface area (Å²) in [6.07, 6.45) is 4.51. The van der Waals surface area contributed by atoms with Crippen molar-refractivity contribution in [2.24, 2.45) is 0 Å². The molecule has 0 fully saturated rings. The van der Waals surface area contributed by atoms with E-state index < -0.39 is 0 Å². The quantitative estimate of drug-likeness (QED) is 0.626. The average molecular weight is 285 g/mol. The van der Waals surface area contributed by atoms with Crippen LogP contribution >= 0.6 is 0 Å². The number of benzene rings is 1. The molecule has 2 rings (SSSR count). The lowest BCUT2D eigenvalue weighted by Crippen LogP contribution is -2.24. The fraction of sp³-hybridized carbons (Fsp3) is 0.312. The molecule has 5 heteroatoms. The van der Waals surface area contributed by atoms with E-state index in [2.05, 4.69) is 17.2 Å². The number of aromatic nitrogens is 1. The second-order valence-electron chi connectivity index (χ2n) is 4.88. The van der Waals surface area contributed by atoms with Crippen LogP contribution in [-0.2, 0) is 6.42 Å². The number of hydrogen-bond donors (Lipinski definition) is 1. The Balaban J connectivity index is 2.25. The van der Waals surface area contributed by atoms with Crippen molar-refractivity contribution in [3.63, 3.8) is 0 Å². The van der Waals surface area contributed by atoms with Gasteiger partial charge < -0.3 is 5.32 Å². The first-order valence-electron chi connectivity index (χ1n) is 7.08. The van der Waals surface area contributed by atoms with E-state index in [-0.39, 0.29) is 16.7 Å². The Morgan fingerprint density at radius 1 is 1.29 bits per heavy atom. The molecule has 0 aliphatic rings. The van der Waals surface area contributed by atoms with Gasteiger partial charge in [-0.3, -0.25) is 15.1 Å². The van der Waals surface area contributed by atoms with Gasteiger partial charge in [0.05, 0.1) is 4.92 Å². The van der Waals surface area contributed by atoms with Gasteiger partial charge >= 0.3 is 0 Å². The Hall–Kier alpha value is -2.27. The second-order valence-corrected chi connectivity index (χ2v) is 4.88. The average Bonchev–Trinajstić information content (AvgIpc) is 2.52. The summed E-state index contributed by atoms with van der Waals surface area (Å²) in [7, 11) is 0. The van der Waals surface area contributed by atoms with Crippen LogP contribution in [0.25, 0.3) is 0 Å². The second kappa shape index (κ2) is 7.50. The van der Waals surface area contributed by atoms with Gasteiger partial charge in [0.25, 0.3) is 5.69 Å². The van der Waals surface area contributed by atoms with Gasteiger partial charge in [-0.2, -0.15) is 0 Å². The van der Waals surface area contributed by atoms with E-state index >= 15 is 0 Å². The number of nitrogens with zero attached hydrogens (tertiary/aromatic N) is 2. The third kappa shape index (κ3) is 4.10. The predicted octanol–water partition coefficient (Wildman–Crippen LogP) is 3.27. The van der Waals surface area contributed by atoms with Crippen molar-refractivity contribution in [3.8, 4) is 0 Å². The first-order valence-corrected chi connectivity index (χ1v) is 7.08. The largest absolute Gasteiger partial charge is 0.310 e. The molecular formula is C16H19N3O2. The molecule has 0 saturated heterocycles. The van der Waals surface area contributed by atoms with Gasteiger partial charge in [-0.15, -0.1) is 0 Å². The fourth-order valence-corrected chi connectivity index (χ4v) is 2.28. The molecule has 0 spiro atoms. The van der Waals surface area contributed by atoms with Crippen molar-refractivity contribution in [2.75, 3.05) is 6.54 Å². The van der Waals surface area contributed by atoms with E-state index in [9.17, 15) is 10.1 Å². The van der Waals surface area contributed by atoms with Gasteiger partial charge in [-0.25, -0.2) is 0 Å². The van der Waals surface area contributed by atoms with Crippen LogP contribution in [0.1, 0.15) is 30.5 Å². The first-order chi connectivity index (χ1) is 10.2. The molecule has 1 aromatic heterocycles. The summed E-state index contributed by atoms with van der Waals surface area (Å²) in [5.41, 5.74) is 1.92. The molecule has 21 heavy (non-hydrogen) atoms. The zero-order valence-corrected chi connectivity index (χ0v) is 12.0. The molecule has 2 aromatic rings. The summed E-state index contributed by atoms with van der Waals surface area (Å²) >= 11 is 0. The third-order valence-electron chi connectivity index (χ3n) is 3.35. The van der Waals surface area contributed by atoms with Crippen LogP contribution in [0.15, 0.2) is 48.8 Å². The van der Waals surface area contributed by atoms with Crippen LogP contribution in [0.4, 0.5) is 5.69 Å². The van der Waals surface area contributed by atoms with Crippen LogP contribution in [0.2, 0.25) is 0 Å². The molecule has 0 saturated carbocycles. The summed E-state index contributed by atoms with van der Waals surface area (Å²) in [6.45, 7) is 2.97. The van der Waals surface area contributed by atoms with Crippen molar-refractivity contribution >= 4 is 5.69 Å². The van der Waals surface area contributed by atoms with E-state index in [4.69, 9.17) is 0 Å². The Labute approximate surface area is 124 Å². The molecule has 0 amide bonds. The zero-order chi connectivity index (χ0) is 15.1. The molecule has 1 aromatic carbocycles. The van der Waals surface area contributed by atoms with Crippen molar-refractivity contribution < 1.29 is 4.92 Å². The molecule has 0 aliphatic carbocycles. The molecule has 110 valence electrons. The normalized spacial score (nSPS) is 12.0. The molecule has 1 unspecified atom stereocenters. The maximum Gasteiger partial charge on any atom is 0.290 e. The molecule has 1 atom stereocenters. The van der Waals surface area contributed by atoms with Crippen LogP contribution in [0.3, 0.4) is 0 Å². The lowest BCUT2D eigenvalue weighted by Gasteiger charge is -2.19. The van der Waals surface area contributed by atoms with Crippen molar-refractivity contribution in [3.05, 3.63) is 70.0 Å². The van der Waals surface area contributed by atoms with E-state index in [0.717, 1.165) is 18.5 Å². The van der Waals surface area contributed by atoms with Gasteiger partial charge in [0.1, 0.15) is 6.20 Å². The maximum absolute atomic E-state index is 11.1. The minimum absolute atomic E-state index is 0.0623. The van der Waals surface area contributed by atoms with Gasteiger partial charge in [0.15, 0.2) is 0 Å². The monoisotopic (exact) mass is 285 g/mol. The van der Waals surface area contributed by atoms with Crippen LogP contribution in [0.5, 0.6) is 0 Å². The smallest absolute Gasteiger partial charge is 0.290 e. The van der Waals surface area contributed by atoms with Crippen molar-refractivity contribution in [1.82, 2.24) is 10.3 Å². The molecule has 1 heterocycles. The van der Waals surface area contributed by atoms with E-state index in [1.807, 2.05) is 30.3 Å². The van der Waals surface area contributed by atoms with Gasteiger partial charge in [0.2, 0.25) is 0 Å². The molecular weight excluding hydrogens is 266 g/mol.